The lowest BCUT2D eigenvalue weighted by molar-refractivity contribution is 0.315. The number of hydrogen-bond donors (Lipinski definition) is 0. The lowest BCUT2D eigenvalue weighted by atomic mass is 9.87. The van der Waals surface area contributed by atoms with Gasteiger partial charge in [0.2, 0.25) is 0 Å². The Labute approximate surface area is 82.4 Å². The molecule has 2 unspecified atom stereocenters. The second kappa shape index (κ2) is 3.48. The van der Waals surface area contributed by atoms with Gasteiger partial charge in [-0.05, 0) is 49.4 Å². The highest BCUT2D eigenvalue weighted by atomic mass is 14.4. The SMILES string of the molecule is CC(C)C1C/C(=C/C2CC2)CC1C. The van der Waals surface area contributed by atoms with Crippen molar-refractivity contribution in [2.45, 2.75) is 46.5 Å². The summed E-state index contributed by atoms with van der Waals surface area (Å²) in [6.45, 7) is 7.18. The summed E-state index contributed by atoms with van der Waals surface area (Å²) in [5, 5.41) is 0. The van der Waals surface area contributed by atoms with Gasteiger partial charge in [-0.15, -0.1) is 0 Å². The third-order valence-electron chi connectivity index (χ3n) is 3.76. The summed E-state index contributed by atoms with van der Waals surface area (Å²) in [7, 11) is 0. The lowest BCUT2D eigenvalue weighted by Crippen LogP contribution is -2.10. The number of allylic oxidation sites excluding steroid dienone is 2. The second-order valence-electron chi connectivity index (χ2n) is 5.46. The van der Waals surface area contributed by atoms with E-state index in [2.05, 4.69) is 26.8 Å². The Balaban J connectivity index is 1.97. The van der Waals surface area contributed by atoms with Gasteiger partial charge >= 0.3 is 0 Å². The quantitative estimate of drug-likeness (QED) is 0.560. The van der Waals surface area contributed by atoms with Crippen LogP contribution in [0.1, 0.15) is 46.5 Å². The minimum Gasteiger partial charge on any atom is -0.0822 e. The summed E-state index contributed by atoms with van der Waals surface area (Å²) in [5.74, 6) is 3.75. The van der Waals surface area contributed by atoms with Crippen LogP contribution in [-0.4, -0.2) is 0 Å². The summed E-state index contributed by atoms with van der Waals surface area (Å²) in [6, 6.07) is 0. The van der Waals surface area contributed by atoms with Gasteiger partial charge in [0.15, 0.2) is 0 Å². The first kappa shape index (κ1) is 9.30. The summed E-state index contributed by atoms with van der Waals surface area (Å²) in [4.78, 5) is 0. The van der Waals surface area contributed by atoms with E-state index in [1.165, 1.54) is 25.7 Å². The van der Waals surface area contributed by atoms with Crippen molar-refractivity contribution in [3.63, 3.8) is 0 Å². The molecular weight excluding hydrogens is 156 g/mol. The van der Waals surface area contributed by atoms with Gasteiger partial charge in [0, 0.05) is 0 Å². The second-order valence-corrected chi connectivity index (χ2v) is 5.46. The molecule has 13 heavy (non-hydrogen) atoms. The first-order chi connectivity index (χ1) is 6.16. The van der Waals surface area contributed by atoms with Crippen LogP contribution in [-0.2, 0) is 0 Å². The van der Waals surface area contributed by atoms with Crippen LogP contribution in [0.15, 0.2) is 11.6 Å². The van der Waals surface area contributed by atoms with Crippen LogP contribution in [0.5, 0.6) is 0 Å². The molecule has 2 aliphatic carbocycles. The molecule has 2 saturated carbocycles. The van der Waals surface area contributed by atoms with E-state index in [-0.39, 0.29) is 0 Å². The molecule has 0 aliphatic heterocycles. The van der Waals surface area contributed by atoms with Gasteiger partial charge in [0.1, 0.15) is 0 Å². The van der Waals surface area contributed by atoms with E-state index in [0.29, 0.717) is 0 Å². The molecule has 0 N–H and O–H groups in total. The molecule has 0 spiro atoms. The molecule has 2 aliphatic rings. The first-order valence-corrected chi connectivity index (χ1v) is 5.86. The van der Waals surface area contributed by atoms with Crippen LogP contribution in [0.2, 0.25) is 0 Å². The summed E-state index contributed by atoms with van der Waals surface area (Å²) < 4.78 is 0. The summed E-state index contributed by atoms with van der Waals surface area (Å²) >= 11 is 0. The molecule has 0 aromatic heterocycles. The zero-order valence-electron chi connectivity index (χ0n) is 9.22. The highest BCUT2D eigenvalue weighted by Crippen LogP contribution is 2.42. The Morgan fingerprint density at radius 2 is 1.92 bits per heavy atom. The molecule has 2 rings (SSSR count). The van der Waals surface area contributed by atoms with Gasteiger partial charge in [0.05, 0.1) is 0 Å². The fourth-order valence-corrected chi connectivity index (χ4v) is 2.78. The van der Waals surface area contributed by atoms with E-state index < -0.39 is 0 Å². The fraction of sp³-hybridized carbons (Fsp3) is 0.846. The van der Waals surface area contributed by atoms with Gasteiger partial charge in [0.25, 0.3) is 0 Å². The van der Waals surface area contributed by atoms with Crippen LogP contribution in [0.3, 0.4) is 0 Å². The largest absolute Gasteiger partial charge is 0.0822 e. The Kier molecular flexibility index (Phi) is 2.49. The Bertz CT molecular complexity index is 208. The molecule has 74 valence electrons. The Morgan fingerprint density at radius 1 is 1.23 bits per heavy atom. The molecule has 0 saturated heterocycles. The molecule has 0 heterocycles. The molecule has 0 aromatic rings. The molecule has 0 heteroatoms. The topological polar surface area (TPSA) is 0 Å². The molecule has 0 radical (unpaired) electrons. The maximum atomic E-state index is 2.58. The summed E-state index contributed by atoms with van der Waals surface area (Å²) in [6.07, 6.45) is 8.29. The van der Waals surface area contributed by atoms with Crippen molar-refractivity contribution < 1.29 is 0 Å². The van der Waals surface area contributed by atoms with Crippen LogP contribution in [0.4, 0.5) is 0 Å². The molecule has 2 fully saturated rings. The molecule has 2 atom stereocenters. The zero-order chi connectivity index (χ0) is 9.42. The Morgan fingerprint density at radius 3 is 2.38 bits per heavy atom. The van der Waals surface area contributed by atoms with E-state index in [1.54, 1.807) is 5.57 Å². The van der Waals surface area contributed by atoms with Crippen molar-refractivity contribution in [1.29, 1.82) is 0 Å². The molecule has 0 nitrogen and oxygen atoms in total. The van der Waals surface area contributed by atoms with Crippen molar-refractivity contribution >= 4 is 0 Å². The Hall–Kier alpha value is -0.260. The van der Waals surface area contributed by atoms with Gasteiger partial charge in [-0.1, -0.05) is 32.4 Å². The highest BCUT2D eigenvalue weighted by Gasteiger charge is 2.30. The van der Waals surface area contributed by atoms with Crippen molar-refractivity contribution in [1.82, 2.24) is 0 Å². The van der Waals surface area contributed by atoms with Crippen molar-refractivity contribution in [3.8, 4) is 0 Å². The minimum absolute atomic E-state index is 0.875. The van der Waals surface area contributed by atoms with Crippen LogP contribution >= 0.6 is 0 Å². The van der Waals surface area contributed by atoms with Crippen LogP contribution in [0, 0.1) is 23.7 Å². The van der Waals surface area contributed by atoms with Gasteiger partial charge in [-0.2, -0.15) is 0 Å². The standard InChI is InChI=1S/C13H22/c1-9(2)13-8-12(6-10(13)3)7-11-4-5-11/h7,9-11,13H,4-6,8H2,1-3H3/b12-7+. The average Bonchev–Trinajstić information content (AvgIpc) is 2.75. The predicted octanol–water partition coefficient (Wildman–Crippen LogP) is 4.02. The van der Waals surface area contributed by atoms with Crippen LogP contribution in [0.25, 0.3) is 0 Å². The van der Waals surface area contributed by atoms with E-state index in [4.69, 9.17) is 0 Å². The van der Waals surface area contributed by atoms with Gasteiger partial charge < -0.3 is 0 Å². The average molecular weight is 178 g/mol. The molecular formula is C13H22. The zero-order valence-corrected chi connectivity index (χ0v) is 9.22. The van der Waals surface area contributed by atoms with Crippen molar-refractivity contribution in [3.05, 3.63) is 11.6 Å². The number of hydrogen-bond acceptors (Lipinski definition) is 0. The van der Waals surface area contributed by atoms with Crippen molar-refractivity contribution in [2.75, 3.05) is 0 Å². The first-order valence-electron chi connectivity index (χ1n) is 5.86. The molecule has 0 amide bonds. The molecule has 0 bridgehead atoms. The third kappa shape index (κ3) is 2.15. The maximum absolute atomic E-state index is 2.58. The third-order valence-corrected chi connectivity index (χ3v) is 3.76. The summed E-state index contributed by atoms with van der Waals surface area (Å²) in [5.41, 5.74) is 1.77. The van der Waals surface area contributed by atoms with E-state index in [1.807, 2.05) is 0 Å². The highest BCUT2D eigenvalue weighted by molar-refractivity contribution is 5.14. The van der Waals surface area contributed by atoms with E-state index in [9.17, 15) is 0 Å². The predicted molar refractivity (Wildman–Crippen MR) is 57.5 cm³/mol. The van der Waals surface area contributed by atoms with E-state index >= 15 is 0 Å². The minimum atomic E-state index is 0.875. The van der Waals surface area contributed by atoms with Gasteiger partial charge in [-0.3, -0.25) is 0 Å². The fourth-order valence-electron chi connectivity index (χ4n) is 2.78. The number of rotatable bonds is 2. The van der Waals surface area contributed by atoms with E-state index in [0.717, 1.165) is 23.7 Å². The normalized spacial score (nSPS) is 37.7. The maximum Gasteiger partial charge on any atom is -0.0230 e. The lowest BCUT2D eigenvalue weighted by Gasteiger charge is -2.18. The monoisotopic (exact) mass is 178 g/mol. The molecule has 0 aromatic carbocycles. The van der Waals surface area contributed by atoms with Gasteiger partial charge in [-0.25, -0.2) is 0 Å². The van der Waals surface area contributed by atoms with Crippen LogP contribution < -0.4 is 0 Å². The van der Waals surface area contributed by atoms with Crippen molar-refractivity contribution in [2.24, 2.45) is 23.7 Å². The smallest absolute Gasteiger partial charge is 0.0230 e.